The Balaban J connectivity index is 0.00000300. The molecule has 2 N–H and O–H groups in total. The standard InChI is InChI=1S/C22H34N4O2.HI/c1-23-21(25-17-22(11-6-12-22)13-16-28-2)24-14-5-9-20(27)26-15-10-18-7-3-4-8-19(18)26;/h3-4,7-8H,5-6,9-17H2,1-2H3,(H2,23,24,25);1H. The van der Waals surface area contributed by atoms with Crippen molar-refractivity contribution in [1.29, 1.82) is 0 Å². The summed E-state index contributed by atoms with van der Waals surface area (Å²) in [6, 6.07) is 8.20. The molecular formula is C22H35IN4O2. The molecule has 29 heavy (non-hydrogen) atoms. The Morgan fingerprint density at radius 2 is 2.07 bits per heavy atom. The zero-order valence-corrected chi connectivity index (χ0v) is 20.0. The molecule has 1 heterocycles. The van der Waals surface area contributed by atoms with Crippen LogP contribution in [0.4, 0.5) is 5.69 Å². The van der Waals surface area contributed by atoms with E-state index in [0.717, 1.165) is 57.2 Å². The second-order valence-electron chi connectivity index (χ2n) is 7.98. The molecule has 0 aromatic heterocycles. The van der Waals surface area contributed by atoms with Crippen LogP contribution in [-0.2, 0) is 16.0 Å². The van der Waals surface area contributed by atoms with Crippen molar-refractivity contribution >= 4 is 41.5 Å². The Labute approximate surface area is 191 Å². The van der Waals surface area contributed by atoms with E-state index in [4.69, 9.17) is 4.74 Å². The van der Waals surface area contributed by atoms with E-state index in [-0.39, 0.29) is 29.9 Å². The van der Waals surface area contributed by atoms with Crippen LogP contribution in [0.1, 0.15) is 44.1 Å². The third-order valence-electron chi connectivity index (χ3n) is 6.15. The molecule has 1 fully saturated rings. The van der Waals surface area contributed by atoms with Crippen LogP contribution in [0.2, 0.25) is 0 Å². The van der Waals surface area contributed by atoms with Gasteiger partial charge in [-0.1, -0.05) is 24.6 Å². The average Bonchev–Trinajstić information content (AvgIpc) is 3.12. The summed E-state index contributed by atoms with van der Waals surface area (Å²) in [6.07, 6.45) is 7.22. The van der Waals surface area contributed by atoms with E-state index in [9.17, 15) is 4.79 Å². The fourth-order valence-electron chi connectivity index (χ4n) is 4.18. The molecule has 7 heteroatoms. The first-order valence-corrected chi connectivity index (χ1v) is 10.5. The van der Waals surface area contributed by atoms with E-state index in [1.807, 2.05) is 23.1 Å². The average molecular weight is 514 g/mol. The summed E-state index contributed by atoms with van der Waals surface area (Å²) in [4.78, 5) is 18.8. The Morgan fingerprint density at radius 1 is 1.28 bits per heavy atom. The van der Waals surface area contributed by atoms with E-state index in [0.29, 0.717) is 11.8 Å². The number of para-hydroxylation sites is 1. The minimum Gasteiger partial charge on any atom is -0.385 e. The van der Waals surface area contributed by atoms with Gasteiger partial charge in [-0.15, -0.1) is 24.0 Å². The van der Waals surface area contributed by atoms with Crippen LogP contribution in [0.5, 0.6) is 0 Å². The van der Waals surface area contributed by atoms with Crippen molar-refractivity contribution in [3.8, 4) is 0 Å². The molecule has 6 nitrogen and oxygen atoms in total. The number of halogens is 1. The van der Waals surface area contributed by atoms with Crippen molar-refractivity contribution in [1.82, 2.24) is 10.6 Å². The molecule has 0 spiro atoms. The molecule has 0 saturated heterocycles. The lowest BCUT2D eigenvalue weighted by Crippen LogP contribution is -2.47. The molecule has 1 aliphatic carbocycles. The lowest BCUT2D eigenvalue weighted by molar-refractivity contribution is -0.118. The summed E-state index contributed by atoms with van der Waals surface area (Å²) in [6.45, 7) is 3.29. The van der Waals surface area contributed by atoms with Crippen molar-refractivity contribution in [2.75, 3.05) is 45.3 Å². The molecule has 162 valence electrons. The van der Waals surface area contributed by atoms with Gasteiger partial charge in [-0.25, -0.2) is 0 Å². The highest BCUT2D eigenvalue weighted by atomic mass is 127. The number of ether oxygens (including phenoxy) is 1. The van der Waals surface area contributed by atoms with E-state index >= 15 is 0 Å². The van der Waals surface area contributed by atoms with Gasteiger partial charge in [0, 0.05) is 52.5 Å². The van der Waals surface area contributed by atoms with Crippen LogP contribution in [-0.4, -0.2) is 52.3 Å². The van der Waals surface area contributed by atoms with Gasteiger partial charge in [0.15, 0.2) is 5.96 Å². The number of methoxy groups -OCH3 is 1. The Morgan fingerprint density at radius 3 is 2.76 bits per heavy atom. The van der Waals surface area contributed by atoms with Crippen molar-refractivity contribution in [3.63, 3.8) is 0 Å². The summed E-state index contributed by atoms with van der Waals surface area (Å²) in [5, 5.41) is 6.81. The van der Waals surface area contributed by atoms with E-state index in [1.54, 1.807) is 14.2 Å². The second-order valence-corrected chi connectivity index (χ2v) is 7.98. The van der Waals surface area contributed by atoms with Gasteiger partial charge in [-0.3, -0.25) is 9.79 Å². The Hall–Kier alpha value is -1.35. The number of carbonyl (C=O) groups excluding carboxylic acids is 1. The number of hydrogen-bond donors (Lipinski definition) is 2. The van der Waals surface area contributed by atoms with Crippen LogP contribution >= 0.6 is 24.0 Å². The predicted octanol–water partition coefficient (Wildman–Crippen LogP) is 3.35. The molecular weight excluding hydrogens is 479 g/mol. The fourth-order valence-corrected chi connectivity index (χ4v) is 4.18. The third-order valence-corrected chi connectivity index (χ3v) is 6.15. The van der Waals surface area contributed by atoms with E-state index < -0.39 is 0 Å². The number of amides is 1. The maximum absolute atomic E-state index is 12.6. The number of benzene rings is 1. The smallest absolute Gasteiger partial charge is 0.227 e. The molecule has 1 saturated carbocycles. The number of anilines is 1. The van der Waals surface area contributed by atoms with Gasteiger partial charge >= 0.3 is 0 Å². The highest BCUT2D eigenvalue weighted by Crippen LogP contribution is 2.43. The zero-order chi connectivity index (χ0) is 19.8. The van der Waals surface area contributed by atoms with Gasteiger partial charge in [0.1, 0.15) is 0 Å². The first kappa shape index (κ1) is 23.9. The van der Waals surface area contributed by atoms with Crippen molar-refractivity contribution in [2.45, 2.75) is 44.9 Å². The summed E-state index contributed by atoms with van der Waals surface area (Å²) in [7, 11) is 3.56. The van der Waals surface area contributed by atoms with Crippen LogP contribution in [0, 0.1) is 5.41 Å². The zero-order valence-electron chi connectivity index (χ0n) is 17.7. The van der Waals surface area contributed by atoms with Gasteiger partial charge in [0.2, 0.25) is 5.91 Å². The summed E-state index contributed by atoms with van der Waals surface area (Å²) in [5.74, 6) is 1.03. The molecule has 0 bridgehead atoms. The summed E-state index contributed by atoms with van der Waals surface area (Å²) >= 11 is 0. The number of nitrogens with zero attached hydrogens (tertiary/aromatic N) is 2. The quantitative estimate of drug-likeness (QED) is 0.230. The normalized spacial score (nSPS) is 17.2. The van der Waals surface area contributed by atoms with Gasteiger partial charge < -0.3 is 20.3 Å². The van der Waals surface area contributed by atoms with Gasteiger partial charge in [-0.2, -0.15) is 0 Å². The SMILES string of the molecule is CN=C(NCCCC(=O)N1CCc2ccccc21)NCC1(CCOC)CCC1.I. The van der Waals surface area contributed by atoms with Crippen molar-refractivity contribution in [3.05, 3.63) is 29.8 Å². The molecule has 2 aliphatic rings. The molecule has 1 aromatic carbocycles. The second kappa shape index (κ2) is 11.7. The minimum atomic E-state index is 0. The molecule has 0 unspecified atom stereocenters. The highest BCUT2D eigenvalue weighted by Gasteiger charge is 2.36. The van der Waals surface area contributed by atoms with E-state index in [2.05, 4.69) is 21.7 Å². The summed E-state index contributed by atoms with van der Waals surface area (Å²) in [5.41, 5.74) is 2.71. The largest absolute Gasteiger partial charge is 0.385 e. The fraction of sp³-hybridized carbons (Fsp3) is 0.636. The lowest BCUT2D eigenvalue weighted by atomic mass is 9.67. The van der Waals surface area contributed by atoms with Crippen LogP contribution < -0.4 is 15.5 Å². The van der Waals surface area contributed by atoms with Crippen LogP contribution in [0.25, 0.3) is 0 Å². The monoisotopic (exact) mass is 514 g/mol. The molecule has 0 radical (unpaired) electrons. The lowest BCUT2D eigenvalue weighted by Gasteiger charge is -2.42. The molecule has 1 amide bonds. The molecule has 1 aromatic rings. The first-order valence-electron chi connectivity index (χ1n) is 10.5. The highest BCUT2D eigenvalue weighted by molar-refractivity contribution is 14.0. The number of fused-ring (bicyclic) bond motifs is 1. The Bertz CT molecular complexity index is 691. The number of guanidine groups is 1. The van der Waals surface area contributed by atoms with Crippen LogP contribution in [0.3, 0.4) is 0 Å². The number of carbonyl (C=O) groups is 1. The minimum absolute atomic E-state index is 0. The maximum Gasteiger partial charge on any atom is 0.227 e. The van der Waals surface area contributed by atoms with Gasteiger partial charge in [-0.05, 0) is 49.1 Å². The number of rotatable bonds is 9. The molecule has 3 rings (SSSR count). The first-order chi connectivity index (χ1) is 13.7. The number of hydrogen-bond acceptors (Lipinski definition) is 3. The molecule has 1 aliphatic heterocycles. The number of nitrogens with one attached hydrogen (secondary N) is 2. The summed E-state index contributed by atoms with van der Waals surface area (Å²) < 4.78 is 5.26. The maximum atomic E-state index is 12.6. The van der Waals surface area contributed by atoms with E-state index in [1.165, 1.54) is 24.8 Å². The molecule has 0 atom stereocenters. The number of aliphatic imine (C=N–C) groups is 1. The topological polar surface area (TPSA) is 66.0 Å². The predicted molar refractivity (Wildman–Crippen MR) is 129 cm³/mol. The van der Waals surface area contributed by atoms with Gasteiger partial charge in [0.25, 0.3) is 0 Å². The van der Waals surface area contributed by atoms with Crippen molar-refractivity contribution in [2.24, 2.45) is 10.4 Å². The van der Waals surface area contributed by atoms with Crippen molar-refractivity contribution < 1.29 is 9.53 Å². The third kappa shape index (κ3) is 6.31. The van der Waals surface area contributed by atoms with Gasteiger partial charge in [0.05, 0.1) is 0 Å². The van der Waals surface area contributed by atoms with Crippen LogP contribution in [0.15, 0.2) is 29.3 Å². The Kier molecular flexibility index (Phi) is 9.68.